The molecule has 0 bridgehead atoms. The summed E-state index contributed by atoms with van der Waals surface area (Å²) in [5.74, 6) is -0.562. The molecule has 1 aliphatic rings. The maximum Gasteiger partial charge on any atom is 0.304 e. The lowest BCUT2D eigenvalue weighted by Gasteiger charge is -2.21. The summed E-state index contributed by atoms with van der Waals surface area (Å²) in [6, 6.07) is 0. The first-order valence-corrected chi connectivity index (χ1v) is 4.90. The van der Waals surface area contributed by atoms with Crippen LogP contribution >= 0.6 is 0 Å². The normalized spacial score (nSPS) is 20.5. The van der Waals surface area contributed by atoms with E-state index in [1.54, 1.807) is 6.33 Å². The molecule has 0 saturated heterocycles. The number of imidazole rings is 1. The summed E-state index contributed by atoms with van der Waals surface area (Å²) < 4.78 is 1.96. The van der Waals surface area contributed by atoms with Crippen molar-refractivity contribution in [1.29, 1.82) is 0 Å². The van der Waals surface area contributed by atoms with E-state index in [4.69, 9.17) is 5.11 Å². The van der Waals surface area contributed by atoms with E-state index in [-0.39, 0.29) is 12.3 Å². The number of aryl methyl sites for hydroxylation is 2. The number of aromatic nitrogens is 2. The van der Waals surface area contributed by atoms with Crippen LogP contribution in [0.15, 0.2) is 6.33 Å². The van der Waals surface area contributed by atoms with Crippen LogP contribution in [0.3, 0.4) is 0 Å². The van der Waals surface area contributed by atoms with E-state index >= 15 is 0 Å². The molecule has 2 rings (SSSR count). The van der Waals surface area contributed by atoms with Crippen molar-refractivity contribution in [2.24, 2.45) is 7.05 Å². The number of aliphatic carboxylic acids is 1. The molecule has 0 fully saturated rings. The van der Waals surface area contributed by atoms with Crippen LogP contribution in [0.2, 0.25) is 0 Å². The molecule has 1 aliphatic carbocycles. The Balaban J connectivity index is 2.29. The SMILES string of the molecule is Cn1cnc2c1C(CC(=O)O)CCC2. The van der Waals surface area contributed by atoms with Crippen molar-refractivity contribution >= 4 is 5.97 Å². The third-order valence-electron chi connectivity index (χ3n) is 2.84. The molecule has 1 atom stereocenters. The molecule has 1 heterocycles. The fourth-order valence-corrected chi connectivity index (χ4v) is 2.27. The minimum Gasteiger partial charge on any atom is -0.481 e. The molecule has 14 heavy (non-hydrogen) atoms. The molecule has 1 N–H and O–H groups in total. The van der Waals surface area contributed by atoms with Crippen molar-refractivity contribution in [3.05, 3.63) is 17.7 Å². The van der Waals surface area contributed by atoms with Gasteiger partial charge in [0.05, 0.1) is 18.4 Å². The average molecular weight is 194 g/mol. The molecule has 4 nitrogen and oxygen atoms in total. The highest BCUT2D eigenvalue weighted by Gasteiger charge is 2.25. The smallest absolute Gasteiger partial charge is 0.304 e. The molecule has 0 aliphatic heterocycles. The quantitative estimate of drug-likeness (QED) is 0.772. The van der Waals surface area contributed by atoms with Gasteiger partial charge in [0.2, 0.25) is 0 Å². The fourth-order valence-electron chi connectivity index (χ4n) is 2.27. The Morgan fingerprint density at radius 2 is 2.57 bits per heavy atom. The molecular formula is C10H14N2O2. The summed E-state index contributed by atoms with van der Waals surface area (Å²) in [5, 5.41) is 8.79. The molecule has 0 radical (unpaired) electrons. The minimum atomic E-state index is -0.718. The Kier molecular flexibility index (Phi) is 2.27. The Morgan fingerprint density at radius 3 is 3.29 bits per heavy atom. The van der Waals surface area contributed by atoms with Gasteiger partial charge < -0.3 is 9.67 Å². The molecule has 0 spiro atoms. The molecule has 1 aromatic rings. The van der Waals surface area contributed by atoms with E-state index < -0.39 is 5.97 Å². The number of carbonyl (C=O) groups is 1. The zero-order valence-electron chi connectivity index (χ0n) is 8.23. The third kappa shape index (κ3) is 1.52. The van der Waals surface area contributed by atoms with E-state index in [0.29, 0.717) is 0 Å². The lowest BCUT2D eigenvalue weighted by Crippen LogP contribution is -2.15. The second kappa shape index (κ2) is 3.44. The lowest BCUT2D eigenvalue weighted by molar-refractivity contribution is -0.137. The van der Waals surface area contributed by atoms with Crippen molar-refractivity contribution in [3.63, 3.8) is 0 Å². The van der Waals surface area contributed by atoms with Gasteiger partial charge in [-0.15, -0.1) is 0 Å². The van der Waals surface area contributed by atoms with Crippen LogP contribution in [0.4, 0.5) is 0 Å². The van der Waals surface area contributed by atoms with Gasteiger partial charge in [0, 0.05) is 18.7 Å². The van der Waals surface area contributed by atoms with Crippen LogP contribution in [0.5, 0.6) is 0 Å². The number of fused-ring (bicyclic) bond motifs is 1. The van der Waals surface area contributed by atoms with Crippen LogP contribution < -0.4 is 0 Å². The first-order valence-electron chi connectivity index (χ1n) is 4.90. The molecule has 1 unspecified atom stereocenters. The van der Waals surface area contributed by atoms with Crippen molar-refractivity contribution in [1.82, 2.24) is 9.55 Å². The zero-order chi connectivity index (χ0) is 10.1. The predicted octanol–water partition coefficient (Wildman–Crippen LogP) is 1.31. The number of rotatable bonds is 2. The molecule has 76 valence electrons. The van der Waals surface area contributed by atoms with Gasteiger partial charge in [0.25, 0.3) is 0 Å². The number of carboxylic acid groups (broad SMARTS) is 1. The van der Waals surface area contributed by atoms with Crippen molar-refractivity contribution in [3.8, 4) is 0 Å². The summed E-state index contributed by atoms with van der Waals surface area (Å²) in [6.07, 6.45) is 5.03. The highest BCUT2D eigenvalue weighted by molar-refractivity contribution is 5.68. The Hall–Kier alpha value is -1.32. The van der Waals surface area contributed by atoms with Crippen LogP contribution in [0.25, 0.3) is 0 Å². The van der Waals surface area contributed by atoms with Crippen LogP contribution in [-0.2, 0) is 18.3 Å². The molecule has 0 saturated carbocycles. The highest BCUT2D eigenvalue weighted by Crippen LogP contribution is 2.32. The van der Waals surface area contributed by atoms with Gasteiger partial charge in [0.1, 0.15) is 0 Å². The number of nitrogens with zero attached hydrogens (tertiary/aromatic N) is 2. The van der Waals surface area contributed by atoms with Gasteiger partial charge in [-0.25, -0.2) is 4.98 Å². The standard InChI is InChI=1S/C10H14N2O2/c1-12-6-11-8-4-2-3-7(10(8)12)5-9(13)14/h6-7H,2-5H2,1H3,(H,13,14). The first kappa shape index (κ1) is 9.24. The summed E-state index contributed by atoms with van der Waals surface area (Å²) in [6.45, 7) is 0. The van der Waals surface area contributed by atoms with Gasteiger partial charge in [-0.05, 0) is 19.3 Å². The molecule has 0 amide bonds. The summed E-state index contributed by atoms with van der Waals surface area (Å²) >= 11 is 0. The maximum atomic E-state index is 10.7. The predicted molar refractivity (Wildman–Crippen MR) is 51.1 cm³/mol. The lowest BCUT2D eigenvalue weighted by atomic mass is 9.87. The number of carboxylic acids is 1. The van der Waals surface area contributed by atoms with Crippen LogP contribution in [-0.4, -0.2) is 20.6 Å². The summed E-state index contributed by atoms with van der Waals surface area (Å²) in [4.78, 5) is 15.0. The highest BCUT2D eigenvalue weighted by atomic mass is 16.4. The molecular weight excluding hydrogens is 180 g/mol. The van der Waals surface area contributed by atoms with Crippen LogP contribution in [0.1, 0.15) is 36.6 Å². The van der Waals surface area contributed by atoms with Crippen LogP contribution in [0, 0.1) is 0 Å². The van der Waals surface area contributed by atoms with Crippen molar-refractivity contribution < 1.29 is 9.90 Å². The van der Waals surface area contributed by atoms with E-state index in [9.17, 15) is 4.79 Å². The van der Waals surface area contributed by atoms with E-state index in [1.807, 2.05) is 11.6 Å². The molecule has 4 heteroatoms. The average Bonchev–Trinajstić information content (AvgIpc) is 2.48. The number of hydrogen-bond acceptors (Lipinski definition) is 2. The van der Waals surface area contributed by atoms with Gasteiger partial charge in [-0.1, -0.05) is 0 Å². The van der Waals surface area contributed by atoms with Crippen molar-refractivity contribution in [2.45, 2.75) is 31.6 Å². The first-order chi connectivity index (χ1) is 6.68. The summed E-state index contributed by atoms with van der Waals surface area (Å²) in [7, 11) is 1.94. The molecule has 1 aromatic heterocycles. The number of hydrogen-bond donors (Lipinski definition) is 1. The van der Waals surface area contributed by atoms with Crippen molar-refractivity contribution in [2.75, 3.05) is 0 Å². The zero-order valence-corrected chi connectivity index (χ0v) is 8.23. The topological polar surface area (TPSA) is 55.1 Å². The Labute approximate surface area is 82.6 Å². The van der Waals surface area contributed by atoms with E-state index in [0.717, 1.165) is 30.7 Å². The minimum absolute atomic E-state index is 0.156. The Morgan fingerprint density at radius 1 is 1.79 bits per heavy atom. The Bertz CT molecular complexity index is 357. The van der Waals surface area contributed by atoms with Gasteiger partial charge in [0.15, 0.2) is 0 Å². The monoisotopic (exact) mass is 194 g/mol. The second-order valence-corrected chi connectivity index (χ2v) is 3.87. The largest absolute Gasteiger partial charge is 0.481 e. The van der Waals surface area contributed by atoms with Gasteiger partial charge in [-0.3, -0.25) is 4.79 Å². The fraction of sp³-hybridized carbons (Fsp3) is 0.600. The molecule has 0 aromatic carbocycles. The maximum absolute atomic E-state index is 10.7. The second-order valence-electron chi connectivity index (χ2n) is 3.87. The third-order valence-corrected chi connectivity index (χ3v) is 2.84. The van der Waals surface area contributed by atoms with Gasteiger partial charge >= 0.3 is 5.97 Å². The van der Waals surface area contributed by atoms with E-state index in [1.165, 1.54) is 0 Å². The van der Waals surface area contributed by atoms with E-state index in [2.05, 4.69) is 4.98 Å². The summed E-state index contributed by atoms with van der Waals surface area (Å²) in [5.41, 5.74) is 2.21. The van der Waals surface area contributed by atoms with Gasteiger partial charge in [-0.2, -0.15) is 0 Å².